The number of amides is 1. The highest BCUT2D eigenvalue weighted by Crippen LogP contribution is 2.33. The molecule has 2 aliphatic rings. The number of halogens is 1. The molecule has 1 fully saturated rings. The van der Waals surface area contributed by atoms with Gasteiger partial charge in [-0.25, -0.2) is 8.42 Å². The van der Waals surface area contributed by atoms with Gasteiger partial charge in [0.2, 0.25) is 5.91 Å². The van der Waals surface area contributed by atoms with Gasteiger partial charge < -0.3 is 5.32 Å². The van der Waals surface area contributed by atoms with E-state index in [0.717, 1.165) is 36.3 Å². The molecule has 0 spiro atoms. The lowest BCUT2D eigenvalue weighted by atomic mass is 10.1. The Morgan fingerprint density at radius 3 is 2.73 bits per heavy atom. The van der Waals surface area contributed by atoms with Crippen molar-refractivity contribution in [3.63, 3.8) is 0 Å². The summed E-state index contributed by atoms with van der Waals surface area (Å²) in [5.41, 5.74) is 3.34. The summed E-state index contributed by atoms with van der Waals surface area (Å²) in [6.45, 7) is 0.347. The quantitative estimate of drug-likeness (QED) is 0.835. The molecule has 1 aliphatic heterocycles. The summed E-state index contributed by atoms with van der Waals surface area (Å²) in [5, 5.41) is 2.90. The molecule has 2 aromatic rings. The number of sulfonamides is 1. The molecular formula is C18H19ClN2O3S2. The Kier molecular flexibility index (Phi) is 4.81. The molecule has 8 heteroatoms. The zero-order chi connectivity index (χ0) is 18.3. The maximum absolute atomic E-state index is 12.9. The topological polar surface area (TPSA) is 66.5 Å². The molecule has 1 amide bonds. The second kappa shape index (κ2) is 6.96. The number of carbonyl (C=O) groups is 1. The molecule has 1 N–H and O–H groups in total. The second-order valence-electron chi connectivity index (χ2n) is 6.66. The fourth-order valence-corrected chi connectivity index (χ4v) is 6.99. The molecular weight excluding hydrogens is 392 g/mol. The molecule has 1 saturated heterocycles. The zero-order valence-electron chi connectivity index (χ0n) is 14.1. The average molecular weight is 411 g/mol. The molecule has 5 nitrogen and oxygen atoms in total. The summed E-state index contributed by atoms with van der Waals surface area (Å²) >= 11 is 6.90. The monoisotopic (exact) mass is 410 g/mol. The van der Waals surface area contributed by atoms with E-state index in [4.69, 9.17) is 11.6 Å². The van der Waals surface area contributed by atoms with Crippen LogP contribution in [0.4, 0.5) is 5.69 Å². The van der Waals surface area contributed by atoms with Gasteiger partial charge in [-0.3, -0.25) is 4.79 Å². The van der Waals surface area contributed by atoms with Crippen LogP contribution in [0.1, 0.15) is 30.4 Å². The normalized spacial score (nSPS) is 20.3. The Morgan fingerprint density at radius 1 is 1.15 bits per heavy atom. The smallest absolute Gasteiger partial charge is 0.253 e. The van der Waals surface area contributed by atoms with Crippen LogP contribution in [-0.4, -0.2) is 31.2 Å². The summed E-state index contributed by atoms with van der Waals surface area (Å²) in [6, 6.07) is 8.33. The maximum Gasteiger partial charge on any atom is 0.253 e. The lowest BCUT2D eigenvalue weighted by molar-refractivity contribution is -0.119. The first-order chi connectivity index (χ1) is 12.4. The zero-order valence-corrected chi connectivity index (χ0v) is 16.5. The van der Waals surface area contributed by atoms with E-state index in [1.807, 2.05) is 12.1 Å². The molecule has 1 aromatic heterocycles. The van der Waals surface area contributed by atoms with Gasteiger partial charge in [-0.15, -0.1) is 11.3 Å². The van der Waals surface area contributed by atoms with Gasteiger partial charge in [0.15, 0.2) is 0 Å². The van der Waals surface area contributed by atoms with Crippen LogP contribution < -0.4 is 5.32 Å². The Labute approximate surface area is 162 Å². The number of hydrogen-bond donors (Lipinski definition) is 1. The molecule has 0 bridgehead atoms. The molecule has 26 heavy (non-hydrogen) atoms. The molecule has 1 unspecified atom stereocenters. The largest absolute Gasteiger partial charge is 0.325 e. The number of thiophene rings is 1. The number of fused-ring (bicyclic) bond motifs is 1. The van der Waals surface area contributed by atoms with Crippen molar-refractivity contribution < 1.29 is 13.2 Å². The Morgan fingerprint density at radius 2 is 1.96 bits per heavy atom. The average Bonchev–Trinajstić information content (AvgIpc) is 3.34. The highest BCUT2D eigenvalue weighted by atomic mass is 35.5. The SMILES string of the molecule is O=C(Nc1ccc2c(c1)CCC2)C1CCCN1S(=O)(=O)c1ccc(Cl)s1. The van der Waals surface area contributed by atoms with Crippen LogP contribution in [0.5, 0.6) is 0 Å². The predicted octanol–water partition coefficient (Wildman–Crippen LogP) is 3.68. The van der Waals surface area contributed by atoms with Crippen LogP contribution in [0.3, 0.4) is 0 Å². The number of carbonyl (C=O) groups excluding carboxylic acids is 1. The van der Waals surface area contributed by atoms with E-state index in [0.29, 0.717) is 23.7 Å². The van der Waals surface area contributed by atoms with Crippen molar-refractivity contribution in [1.29, 1.82) is 0 Å². The molecule has 2 heterocycles. The van der Waals surface area contributed by atoms with Gasteiger partial charge in [0.05, 0.1) is 4.34 Å². The molecule has 1 aromatic carbocycles. The van der Waals surface area contributed by atoms with Crippen LogP contribution in [-0.2, 0) is 27.7 Å². The minimum absolute atomic E-state index is 0.180. The molecule has 0 radical (unpaired) electrons. The summed E-state index contributed by atoms with van der Waals surface area (Å²) in [7, 11) is -3.71. The lowest BCUT2D eigenvalue weighted by Gasteiger charge is -2.22. The van der Waals surface area contributed by atoms with Crippen molar-refractivity contribution in [3.05, 3.63) is 45.8 Å². The fraction of sp³-hybridized carbons (Fsp3) is 0.389. The summed E-state index contributed by atoms with van der Waals surface area (Å²) in [5.74, 6) is -0.272. The van der Waals surface area contributed by atoms with E-state index in [9.17, 15) is 13.2 Å². The first kappa shape index (κ1) is 18.0. The number of nitrogens with one attached hydrogen (secondary N) is 1. The fourth-order valence-electron chi connectivity index (χ4n) is 3.72. The van der Waals surface area contributed by atoms with Crippen molar-refractivity contribution in [1.82, 2.24) is 4.31 Å². The minimum atomic E-state index is -3.71. The minimum Gasteiger partial charge on any atom is -0.325 e. The molecule has 1 aliphatic carbocycles. The van der Waals surface area contributed by atoms with E-state index < -0.39 is 16.1 Å². The maximum atomic E-state index is 12.9. The van der Waals surface area contributed by atoms with Crippen LogP contribution >= 0.6 is 22.9 Å². The summed E-state index contributed by atoms with van der Waals surface area (Å²) in [6.07, 6.45) is 4.45. The van der Waals surface area contributed by atoms with Gasteiger partial charge in [0.25, 0.3) is 10.0 Å². The van der Waals surface area contributed by atoms with Gasteiger partial charge in [-0.2, -0.15) is 4.31 Å². The van der Waals surface area contributed by atoms with Crippen molar-refractivity contribution >= 4 is 44.6 Å². The first-order valence-electron chi connectivity index (χ1n) is 8.65. The predicted molar refractivity (Wildman–Crippen MR) is 103 cm³/mol. The van der Waals surface area contributed by atoms with Crippen molar-refractivity contribution in [2.24, 2.45) is 0 Å². The third-order valence-electron chi connectivity index (χ3n) is 4.98. The van der Waals surface area contributed by atoms with Crippen LogP contribution in [0, 0.1) is 0 Å². The standard InChI is InChI=1S/C18H19ClN2O3S2/c19-16-8-9-17(25-16)26(23,24)21-10-2-5-15(21)18(22)20-14-7-6-12-3-1-4-13(12)11-14/h6-9,11,15H,1-5,10H2,(H,20,22). The number of benzene rings is 1. The Balaban J connectivity index is 1.53. The van der Waals surface area contributed by atoms with E-state index in [-0.39, 0.29) is 10.1 Å². The van der Waals surface area contributed by atoms with Gasteiger partial charge in [-0.05, 0) is 67.5 Å². The first-order valence-corrected chi connectivity index (χ1v) is 11.3. The van der Waals surface area contributed by atoms with Crippen molar-refractivity contribution in [2.75, 3.05) is 11.9 Å². The highest BCUT2D eigenvalue weighted by Gasteiger charge is 2.40. The summed E-state index contributed by atoms with van der Waals surface area (Å²) in [4.78, 5) is 12.8. The van der Waals surface area contributed by atoms with E-state index >= 15 is 0 Å². The third-order valence-corrected chi connectivity index (χ3v) is 8.59. The highest BCUT2D eigenvalue weighted by molar-refractivity contribution is 7.91. The number of anilines is 1. The van der Waals surface area contributed by atoms with E-state index in [1.165, 1.54) is 21.5 Å². The number of aryl methyl sites for hydroxylation is 2. The third kappa shape index (κ3) is 3.29. The Bertz CT molecular complexity index is 955. The second-order valence-corrected chi connectivity index (χ2v) is 10.5. The van der Waals surface area contributed by atoms with Crippen LogP contribution in [0.2, 0.25) is 4.34 Å². The molecule has 138 valence electrons. The molecule has 0 saturated carbocycles. The van der Waals surface area contributed by atoms with Crippen molar-refractivity contribution in [2.45, 2.75) is 42.4 Å². The number of rotatable bonds is 4. The number of hydrogen-bond acceptors (Lipinski definition) is 4. The lowest BCUT2D eigenvalue weighted by Crippen LogP contribution is -2.42. The Hall–Kier alpha value is -1.41. The van der Waals surface area contributed by atoms with Crippen molar-refractivity contribution in [3.8, 4) is 0 Å². The van der Waals surface area contributed by atoms with Crippen LogP contribution in [0.15, 0.2) is 34.5 Å². The van der Waals surface area contributed by atoms with Gasteiger partial charge in [-0.1, -0.05) is 17.7 Å². The molecule has 4 rings (SSSR count). The molecule has 1 atom stereocenters. The number of nitrogens with zero attached hydrogens (tertiary/aromatic N) is 1. The van der Waals surface area contributed by atoms with E-state index in [2.05, 4.69) is 11.4 Å². The summed E-state index contributed by atoms with van der Waals surface area (Å²) < 4.78 is 27.6. The van der Waals surface area contributed by atoms with Gasteiger partial charge in [0, 0.05) is 12.2 Å². The van der Waals surface area contributed by atoms with E-state index in [1.54, 1.807) is 6.07 Å². The van der Waals surface area contributed by atoms with Gasteiger partial charge >= 0.3 is 0 Å². The van der Waals surface area contributed by atoms with Crippen LogP contribution in [0.25, 0.3) is 0 Å². The van der Waals surface area contributed by atoms with Gasteiger partial charge in [0.1, 0.15) is 10.3 Å².